The fourth-order valence-electron chi connectivity index (χ4n) is 2.62. The van der Waals surface area contributed by atoms with Crippen LogP contribution in [0.4, 0.5) is 30.6 Å². The van der Waals surface area contributed by atoms with Crippen molar-refractivity contribution in [3.05, 3.63) is 54.1 Å². The Morgan fingerprint density at radius 2 is 1.85 bits per heavy atom. The molecule has 0 bridgehead atoms. The standard InChI is InChI=1S/C19H19F3N4O/c1-2-13(11-27)23-17-15-8-3-4-9-16(15)25-18(26-17)24-14-7-5-6-12(10-14)19(20,21)22/h3-10,13,27H,2,11H2,1H3,(H2,23,24,25,26). The van der Waals surface area contributed by atoms with Gasteiger partial charge in [0.25, 0.3) is 0 Å². The number of anilines is 3. The van der Waals surface area contributed by atoms with E-state index in [1.54, 1.807) is 6.07 Å². The van der Waals surface area contributed by atoms with Crippen LogP contribution in [0.25, 0.3) is 10.9 Å². The molecule has 5 nitrogen and oxygen atoms in total. The summed E-state index contributed by atoms with van der Waals surface area (Å²) in [7, 11) is 0. The Balaban J connectivity index is 1.98. The molecule has 0 saturated carbocycles. The van der Waals surface area contributed by atoms with E-state index in [1.807, 2.05) is 25.1 Å². The van der Waals surface area contributed by atoms with Crippen molar-refractivity contribution in [3.63, 3.8) is 0 Å². The lowest BCUT2D eigenvalue weighted by molar-refractivity contribution is -0.137. The van der Waals surface area contributed by atoms with Gasteiger partial charge in [-0.3, -0.25) is 0 Å². The molecule has 0 spiro atoms. The molecule has 3 aromatic rings. The van der Waals surface area contributed by atoms with Gasteiger partial charge in [-0.15, -0.1) is 0 Å². The maximum Gasteiger partial charge on any atom is 0.416 e. The molecule has 8 heteroatoms. The van der Waals surface area contributed by atoms with Gasteiger partial charge in [-0.2, -0.15) is 18.2 Å². The van der Waals surface area contributed by atoms with Gasteiger partial charge in [0.05, 0.1) is 23.7 Å². The molecule has 0 radical (unpaired) electrons. The molecule has 3 N–H and O–H groups in total. The van der Waals surface area contributed by atoms with Gasteiger partial charge in [0.15, 0.2) is 0 Å². The number of nitrogens with zero attached hydrogens (tertiary/aromatic N) is 2. The highest BCUT2D eigenvalue weighted by Crippen LogP contribution is 2.31. The lowest BCUT2D eigenvalue weighted by Crippen LogP contribution is -2.23. The molecule has 0 aliphatic carbocycles. The predicted octanol–water partition coefficient (Wildman–Crippen LogP) is 4.58. The van der Waals surface area contributed by atoms with Gasteiger partial charge in [0.1, 0.15) is 5.82 Å². The van der Waals surface area contributed by atoms with Gasteiger partial charge in [-0.05, 0) is 36.8 Å². The summed E-state index contributed by atoms with van der Waals surface area (Å²) < 4.78 is 38.7. The Labute approximate surface area is 154 Å². The quantitative estimate of drug-likeness (QED) is 0.588. The number of hydrogen-bond donors (Lipinski definition) is 3. The van der Waals surface area contributed by atoms with Gasteiger partial charge in [-0.25, -0.2) is 4.98 Å². The number of aromatic nitrogens is 2. The van der Waals surface area contributed by atoms with E-state index in [1.165, 1.54) is 12.1 Å². The van der Waals surface area contributed by atoms with Crippen LogP contribution in [0.15, 0.2) is 48.5 Å². The van der Waals surface area contributed by atoms with Crippen molar-refractivity contribution >= 4 is 28.4 Å². The van der Waals surface area contributed by atoms with Crippen molar-refractivity contribution in [3.8, 4) is 0 Å². The summed E-state index contributed by atoms with van der Waals surface area (Å²) in [6, 6.07) is 12.0. The molecular weight excluding hydrogens is 357 g/mol. The Morgan fingerprint density at radius 1 is 1.07 bits per heavy atom. The average molecular weight is 376 g/mol. The zero-order valence-electron chi connectivity index (χ0n) is 14.6. The summed E-state index contributed by atoms with van der Waals surface area (Å²) in [6.45, 7) is 1.87. The van der Waals surface area contributed by atoms with Gasteiger partial charge in [-0.1, -0.05) is 25.1 Å². The summed E-state index contributed by atoms with van der Waals surface area (Å²) in [6.07, 6.45) is -3.74. The largest absolute Gasteiger partial charge is 0.416 e. The molecular formula is C19H19F3N4O. The van der Waals surface area contributed by atoms with E-state index in [9.17, 15) is 18.3 Å². The Hall–Kier alpha value is -2.87. The minimum Gasteiger partial charge on any atom is -0.394 e. The second-order valence-corrected chi connectivity index (χ2v) is 6.05. The van der Waals surface area contributed by atoms with E-state index in [0.29, 0.717) is 17.8 Å². The number of nitrogens with one attached hydrogen (secondary N) is 2. The minimum atomic E-state index is -4.43. The normalized spacial score (nSPS) is 12.8. The smallest absolute Gasteiger partial charge is 0.394 e. The molecule has 1 heterocycles. The van der Waals surface area contributed by atoms with Crippen LogP contribution in [-0.2, 0) is 6.18 Å². The van der Waals surface area contributed by atoms with Crippen molar-refractivity contribution in [2.24, 2.45) is 0 Å². The summed E-state index contributed by atoms with van der Waals surface area (Å²) in [5.74, 6) is 0.680. The zero-order chi connectivity index (χ0) is 19.4. The Bertz CT molecular complexity index is 926. The molecule has 0 aliphatic rings. The summed E-state index contributed by atoms with van der Waals surface area (Å²) >= 11 is 0. The lowest BCUT2D eigenvalue weighted by atomic mass is 10.2. The van der Waals surface area contributed by atoms with Crippen LogP contribution in [0.3, 0.4) is 0 Å². The van der Waals surface area contributed by atoms with Gasteiger partial charge in [0, 0.05) is 11.1 Å². The average Bonchev–Trinajstić information content (AvgIpc) is 2.65. The van der Waals surface area contributed by atoms with Crippen molar-refractivity contribution in [1.29, 1.82) is 0 Å². The maximum absolute atomic E-state index is 12.9. The summed E-state index contributed by atoms with van der Waals surface area (Å²) in [5.41, 5.74) is 0.121. The number of alkyl halides is 3. The monoisotopic (exact) mass is 376 g/mol. The van der Waals surface area contributed by atoms with E-state index in [4.69, 9.17) is 0 Å². The molecule has 1 atom stereocenters. The molecule has 0 saturated heterocycles. The van der Waals surface area contributed by atoms with E-state index in [-0.39, 0.29) is 24.3 Å². The van der Waals surface area contributed by atoms with Crippen LogP contribution in [0.2, 0.25) is 0 Å². The molecule has 1 aromatic heterocycles. The molecule has 3 rings (SSSR count). The van der Waals surface area contributed by atoms with Crippen LogP contribution < -0.4 is 10.6 Å². The molecule has 0 aliphatic heterocycles. The third-order valence-corrected chi connectivity index (χ3v) is 4.10. The first-order valence-electron chi connectivity index (χ1n) is 8.49. The van der Waals surface area contributed by atoms with Gasteiger partial charge >= 0.3 is 6.18 Å². The molecule has 142 valence electrons. The first-order chi connectivity index (χ1) is 12.9. The number of hydrogen-bond acceptors (Lipinski definition) is 5. The third kappa shape index (κ3) is 4.46. The van der Waals surface area contributed by atoms with Crippen LogP contribution in [-0.4, -0.2) is 27.7 Å². The topological polar surface area (TPSA) is 70.1 Å². The molecule has 0 fully saturated rings. The molecule has 0 amide bonds. The van der Waals surface area contributed by atoms with Crippen molar-refractivity contribution in [2.75, 3.05) is 17.2 Å². The predicted molar refractivity (Wildman–Crippen MR) is 99.1 cm³/mol. The highest BCUT2D eigenvalue weighted by Gasteiger charge is 2.30. The van der Waals surface area contributed by atoms with Crippen LogP contribution in [0.1, 0.15) is 18.9 Å². The number of benzene rings is 2. The molecule has 27 heavy (non-hydrogen) atoms. The highest BCUT2D eigenvalue weighted by atomic mass is 19.4. The zero-order valence-corrected chi connectivity index (χ0v) is 14.6. The van der Waals surface area contributed by atoms with Gasteiger partial charge < -0.3 is 15.7 Å². The first kappa shape index (κ1) is 18.9. The first-order valence-corrected chi connectivity index (χ1v) is 8.49. The van der Waals surface area contributed by atoms with Crippen molar-refractivity contribution in [2.45, 2.75) is 25.6 Å². The van der Waals surface area contributed by atoms with Crippen LogP contribution >= 0.6 is 0 Å². The van der Waals surface area contributed by atoms with Crippen molar-refractivity contribution < 1.29 is 18.3 Å². The lowest BCUT2D eigenvalue weighted by Gasteiger charge is -2.17. The second kappa shape index (κ2) is 7.79. The van der Waals surface area contributed by atoms with Crippen molar-refractivity contribution in [1.82, 2.24) is 9.97 Å². The van der Waals surface area contributed by atoms with E-state index < -0.39 is 11.7 Å². The van der Waals surface area contributed by atoms with Gasteiger partial charge in [0.2, 0.25) is 5.95 Å². The number of fused-ring (bicyclic) bond motifs is 1. The number of rotatable bonds is 6. The number of halogens is 3. The van der Waals surface area contributed by atoms with E-state index in [0.717, 1.165) is 17.5 Å². The molecule has 2 aromatic carbocycles. The summed E-state index contributed by atoms with van der Waals surface area (Å²) in [4.78, 5) is 8.77. The SMILES string of the molecule is CCC(CO)Nc1nc(Nc2cccc(C(F)(F)F)c2)nc2ccccc12. The summed E-state index contributed by atoms with van der Waals surface area (Å²) in [5, 5.41) is 16.2. The fraction of sp³-hybridized carbons (Fsp3) is 0.263. The maximum atomic E-state index is 12.9. The Morgan fingerprint density at radius 3 is 2.56 bits per heavy atom. The van der Waals surface area contributed by atoms with Crippen LogP contribution in [0, 0.1) is 0 Å². The number of para-hydroxylation sites is 1. The number of aliphatic hydroxyl groups is 1. The highest BCUT2D eigenvalue weighted by molar-refractivity contribution is 5.90. The number of aliphatic hydroxyl groups excluding tert-OH is 1. The fourth-order valence-corrected chi connectivity index (χ4v) is 2.62. The van der Waals surface area contributed by atoms with E-state index in [2.05, 4.69) is 20.6 Å². The second-order valence-electron chi connectivity index (χ2n) is 6.05. The van der Waals surface area contributed by atoms with Crippen LogP contribution in [0.5, 0.6) is 0 Å². The molecule has 1 unspecified atom stereocenters. The van der Waals surface area contributed by atoms with E-state index >= 15 is 0 Å². The minimum absolute atomic E-state index is 0.0643. The Kier molecular flexibility index (Phi) is 5.46. The third-order valence-electron chi connectivity index (χ3n) is 4.10.